The average Bonchev–Trinajstić information content (AvgIpc) is 2.96. The van der Waals surface area contributed by atoms with Crippen LogP contribution in [0.3, 0.4) is 0 Å². The fourth-order valence-corrected chi connectivity index (χ4v) is 3.69. The Kier molecular flexibility index (Phi) is 4.01. The van der Waals surface area contributed by atoms with Gasteiger partial charge in [-0.25, -0.2) is 4.98 Å². The number of amides is 1. The highest BCUT2D eigenvalue weighted by Crippen LogP contribution is 2.24. The Hall–Kier alpha value is -2.66. The van der Waals surface area contributed by atoms with E-state index in [-0.39, 0.29) is 11.8 Å². The fraction of sp³-hybridized carbons (Fsp3) is 0.300. The van der Waals surface area contributed by atoms with E-state index >= 15 is 0 Å². The van der Waals surface area contributed by atoms with Crippen LogP contribution in [0, 0.1) is 6.92 Å². The lowest BCUT2D eigenvalue weighted by Crippen LogP contribution is -2.38. The first-order valence-electron chi connectivity index (χ1n) is 8.62. The Balaban J connectivity index is 1.54. The highest BCUT2D eigenvalue weighted by atomic mass is 16.1. The van der Waals surface area contributed by atoms with Gasteiger partial charge in [0.2, 0.25) is 5.91 Å². The molecule has 0 fully saturated rings. The number of nitrogens with zero attached hydrogens (tertiary/aromatic N) is 2. The maximum absolute atomic E-state index is 12.7. The lowest BCUT2D eigenvalue weighted by Gasteiger charge is -2.25. The molecule has 0 saturated heterocycles. The molecular formula is C20H22N4O. The summed E-state index contributed by atoms with van der Waals surface area (Å²) in [6.45, 7) is 4.01. The first-order valence-corrected chi connectivity index (χ1v) is 8.62. The zero-order valence-electron chi connectivity index (χ0n) is 14.5. The number of carbonyl (C=O) groups excluding carboxylic acids is 1. The smallest absolute Gasteiger partial charge is 0.229 e. The molecule has 0 aliphatic carbocycles. The molecule has 1 aromatic heterocycles. The van der Waals surface area contributed by atoms with Crippen LogP contribution in [0.25, 0.3) is 11.0 Å². The number of imidazole rings is 1. The Morgan fingerprint density at radius 3 is 2.96 bits per heavy atom. The molecule has 128 valence electrons. The van der Waals surface area contributed by atoms with Gasteiger partial charge in [0.05, 0.1) is 23.5 Å². The minimum atomic E-state index is -0.152. The van der Waals surface area contributed by atoms with Gasteiger partial charge in [-0.2, -0.15) is 0 Å². The molecule has 25 heavy (non-hydrogen) atoms. The second-order valence-electron chi connectivity index (χ2n) is 6.63. The normalized spacial score (nSPS) is 16.6. The second kappa shape index (κ2) is 6.33. The van der Waals surface area contributed by atoms with Gasteiger partial charge in [0.25, 0.3) is 0 Å². The summed E-state index contributed by atoms with van der Waals surface area (Å²) in [6.07, 6.45) is 0. The van der Waals surface area contributed by atoms with Crippen LogP contribution in [0.15, 0.2) is 42.5 Å². The van der Waals surface area contributed by atoms with Crippen LogP contribution < -0.4 is 10.6 Å². The van der Waals surface area contributed by atoms with E-state index in [0.717, 1.165) is 29.0 Å². The third-order valence-electron chi connectivity index (χ3n) is 5.02. The van der Waals surface area contributed by atoms with Crippen molar-refractivity contribution in [2.75, 3.05) is 6.54 Å². The summed E-state index contributed by atoms with van der Waals surface area (Å²) >= 11 is 0. The number of rotatable bonds is 3. The van der Waals surface area contributed by atoms with Crippen LogP contribution in [0.4, 0.5) is 0 Å². The quantitative estimate of drug-likeness (QED) is 0.773. The van der Waals surface area contributed by atoms with Gasteiger partial charge in [0.1, 0.15) is 5.82 Å². The summed E-state index contributed by atoms with van der Waals surface area (Å²) in [7, 11) is 2.00. The second-order valence-corrected chi connectivity index (χ2v) is 6.63. The zero-order valence-corrected chi connectivity index (χ0v) is 14.5. The standard InChI is InChI=1S/C20H22N4O/c1-13-6-5-9-17-19(13)24(2)18(23-17)12-22-20(25)16-11-21-10-14-7-3-4-8-15(14)16/h3-9,16,21H,10-12H2,1-2H3,(H,22,25). The first-order chi connectivity index (χ1) is 12.1. The van der Waals surface area contributed by atoms with Crippen LogP contribution in [0.2, 0.25) is 0 Å². The van der Waals surface area contributed by atoms with Crippen LogP contribution in [0.5, 0.6) is 0 Å². The third-order valence-corrected chi connectivity index (χ3v) is 5.02. The summed E-state index contributed by atoms with van der Waals surface area (Å²) in [5.74, 6) is 0.763. The van der Waals surface area contributed by atoms with E-state index < -0.39 is 0 Å². The van der Waals surface area contributed by atoms with Gasteiger partial charge in [0, 0.05) is 20.1 Å². The predicted molar refractivity (Wildman–Crippen MR) is 98.2 cm³/mol. The Labute approximate surface area is 147 Å². The lowest BCUT2D eigenvalue weighted by molar-refractivity contribution is -0.122. The largest absolute Gasteiger partial charge is 0.348 e. The van der Waals surface area contributed by atoms with E-state index in [1.165, 1.54) is 11.1 Å². The minimum absolute atomic E-state index is 0.0448. The number of hydrogen-bond donors (Lipinski definition) is 2. The fourth-order valence-electron chi connectivity index (χ4n) is 3.69. The molecule has 5 nitrogen and oxygen atoms in total. The van der Waals surface area contributed by atoms with E-state index in [1.54, 1.807) is 0 Å². The Morgan fingerprint density at radius 2 is 2.12 bits per heavy atom. The number of para-hydroxylation sites is 1. The van der Waals surface area contributed by atoms with Gasteiger partial charge in [-0.3, -0.25) is 4.79 Å². The van der Waals surface area contributed by atoms with Crippen LogP contribution >= 0.6 is 0 Å². The molecule has 2 N–H and O–H groups in total. The number of carbonyl (C=O) groups is 1. The van der Waals surface area contributed by atoms with Crippen LogP contribution in [-0.2, 0) is 24.9 Å². The summed E-state index contributed by atoms with van der Waals surface area (Å²) in [4.78, 5) is 17.4. The van der Waals surface area contributed by atoms with Crippen molar-refractivity contribution in [3.63, 3.8) is 0 Å². The lowest BCUT2D eigenvalue weighted by atomic mass is 9.90. The number of benzene rings is 2. The topological polar surface area (TPSA) is 59.0 Å². The molecule has 0 bridgehead atoms. The highest BCUT2D eigenvalue weighted by molar-refractivity contribution is 5.85. The SMILES string of the molecule is Cc1cccc2nc(CNC(=O)C3CNCc4ccccc43)n(C)c12. The minimum Gasteiger partial charge on any atom is -0.348 e. The number of aromatic nitrogens is 2. The molecule has 3 aromatic rings. The van der Waals surface area contributed by atoms with Crippen molar-refractivity contribution in [2.45, 2.75) is 25.9 Å². The van der Waals surface area contributed by atoms with E-state index in [0.29, 0.717) is 13.1 Å². The summed E-state index contributed by atoms with van der Waals surface area (Å²) in [5, 5.41) is 6.40. The van der Waals surface area contributed by atoms with Crippen molar-refractivity contribution in [3.8, 4) is 0 Å². The number of nitrogens with one attached hydrogen (secondary N) is 2. The Bertz CT molecular complexity index is 944. The summed E-state index contributed by atoms with van der Waals surface area (Å²) in [5.41, 5.74) is 5.61. The van der Waals surface area contributed by atoms with Crippen molar-refractivity contribution in [1.29, 1.82) is 0 Å². The molecule has 1 amide bonds. The van der Waals surface area contributed by atoms with Gasteiger partial charge < -0.3 is 15.2 Å². The van der Waals surface area contributed by atoms with E-state index in [4.69, 9.17) is 0 Å². The van der Waals surface area contributed by atoms with Crippen LogP contribution in [0.1, 0.15) is 28.4 Å². The maximum atomic E-state index is 12.7. The first kappa shape index (κ1) is 15.8. The summed E-state index contributed by atoms with van der Waals surface area (Å²) < 4.78 is 2.07. The maximum Gasteiger partial charge on any atom is 0.229 e. The van der Waals surface area contributed by atoms with Crippen molar-refractivity contribution in [1.82, 2.24) is 20.2 Å². The molecule has 0 radical (unpaired) electrons. The van der Waals surface area contributed by atoms with Gasteiger partial charge in [-0.15, -0.1) is 0 Å². The van der Waals surface area contributed by atoms with Crippen molar-refractivity contribution in [3.05, 3.63) is 65.0 Å². The molecule has 0 saturated carbocycles. The molecule has 1 aliphatic rings. The molecule has 2 heterocycles. The molecular weight excluding hydrogens is 312 g/mol. The molecule has 5 heteroatoms. The molecule has 0 spiro atoms. The Morgan fingerprint density at radius 1 is 1.28 bits per heavy atom. The molecule has 1 atom stereocenters. The molecule has 1 aliphatic heterocycles. The van der Waals surface area contributed by atoms with E-state index in [9.17, 15) is 4.79 Å². The van der Waals surface area contributed by atoms with Gasteiger partial charge in [0.15, 0.2) is 0 Å². The van der Waals surface area contributed by atoms with Gasteiger partial charge in [-0.1, -0.05) is 36.4 Å². The van der Waals surface area contributed by atoms with Crippen LogP contribution in [-0.4, -0.2) is 22.0 Å². The number of hydrogen-bond acceptors (Lipinski definition) is 3. The monoisotopic (exact) mass is 334 g/mol. The van der Waals surface area contributed by atoms with Crippen molar-refractivity contribution in [2.24, 2.45) is 7.05 Å². The third kappa shape index (κ3) is 2.81. The van der Waals surface area contributed by atoms with Gasteiger partial charge >= 0.3 is 0 Å². The molecule has 1 unspecified atom stereocenters. The van der Waals surface area contributed by atoms with E-state index in [1.807, 2.05) is 31.3 Å². The van der Waals surface area contributed by atoms with E-state index in [2.05, 4.69) is 45.3 Å². The number of fused-ring (bicyclic) bond motifs is 2. The summed E-state index contributed by atoms with van der Waals surface area (Å²) in [6, 6.07) is 14.2. The zero-order chi connectivity index (χ0) is 17.4. The molecule has 2 aromatic carbocycles. The predicted octanol–water partition coefficient (Wildman–Crippen LogP) is 2.38. The average molecular weight is 334 g/mol. The van der Waals surface area contributed by atoms with Gasteiger partial charge in [-0.05, 0) is 29.7 Å². The molecule has 4 rings (SSSR count). The number of aryl methyl sites for hydroxylation is 2. The van der Waals surface area contributed by atoms with Crippen molar-refractivity contribution >= 4 is 16.9 Å². The highest BCUT2D eigenvalue weighted by Gasteiger charge is 2.26. The van der Waals surface area contributed by atoms with Crippen molar-refractivity contribution < 1.29 is 4.79 Å².